The Morgan fingerprint density at radius 1 is 1.10 bits per heavy atom. The second-order valence-electron chi connectivity index (χ2n) is 8.18. The van der Waals surface area contributed by atoms with Crippen LogP contribution in [0.4, 0.5) is 0 Å². The van der Waals surface area contributed by atoms with Gasteiger partial charge in [-0.1, -0.05) is 30.3 Å². The molecule has 2 aromatic rings. The summed E-state index contributed by atoms with van der Waals surface area (Å²) in [7, 11) is 1.85. The minimum absolute atomic E-state index is 0. The van der Waals surface area contributed by atoms with Crippen LogP contribution in [0.2, 0.25) is 0 Å². The van der Waals surface area contributed by atoms with Crippen molar-refractivity contribution in [3.63, 3.8) is 0 Å². The van der Waals surface area contributed by atoms with Crippen LogP contribution in [-0.2, 0) is 17.6 Å². The number of nitrogens with one attached hydrogen (secondary N) is 2. The van der Waals surface area contributed by atoms with E-state index in [-0.39, 0.29) is 36.4 Å². The van der Waals surface area contributed by atoms with Gasteiger partial charge in [0.1, 0.15) is 22.8 Å². The Bertz CT molecular complexity index is 1030. The Morgan fingerprint density at radius 3 is 2.48 bits per heavy atom. The number of aromatic amines is 1. The summed E-state index contributed by atoms with van der Waals surface area (Å²) in [4.78, 5) is 38.8. The Labute approximate surface area is 194 Å². The van der Waals surface area contributed by atoms with Gasteiger partial charge < -0.3 is 10.3 Å². The van der Waals surface area contributed by atoms with E-state index in [4.69, 9.17) is 4.98 Å². The molecule has 1 aromatic heterocycles. The summed E-state index contributed by atoms with van der Waals surface area (Å²) in [6.07, 6.45) is 3.83. The first-order valence-corrected chi connectivity index (χ1v) is 10.1. The van der Waals surface area contributed by atoms with Crippen molar-refractivity contribution in [2.24, 2.45) is 10.9 Å². The van der Waals surface area contributed by atoms with Crippen molar-refractivity contribution in [3.8, 4) is 0 Å². The lowest BCUT2D eigenvalue weighted by Gasteiger charge is -2.32. The summed E-state index contributed by atoms with van der Waals surface area (Å²) >= 11 is 0. The number of rotatable bonds is 6. The van der Waals surface area contributed by atoms with E-state index >= 15 is 0 Å². The average molecular weight is 463 g/mol. The quantitative estimate of drug-likeness (QED) is 0.685. The van der Waals surface area contributed by atoms with E-state index in [0.717, 1.165) is 12.2 Å². The minimum atomic E-state index is -0.846. The number of hydrogen-bond donors (Lipinski definition) is 2. The number of aliphatic imine (C=N–C) groups is 1. The van der Waals surface area contributed by atoms with Gasteiger partial charge in [0.25, 0.3) is 0 Å². The predicted molar refractivity (Wildman–Crippen MR) is 128 cm³/mol. The number of allylic oxidation sites excluding steroid dienone is 1. The van der Waals surface area contributed by atoms with Crippen molar-refractivity contribution in [1.82, 2.24) is 15.3 Å². The molecule has 0 spiro atoms. The van der Waals surface area contributed by atoms with Crippen LogP contribution in [0, 0.1) is 5.92 Å². The molecule has 8 heteroatoms. The van der Waals surface area contributed by atoms with Gasteiger partial charge in [0.05, 0.1) is 5.92 Å². The summed E-state index contributed by atoms with van der Waals surface area (Å²) in [6, 6.07) is 10.2. The molecule has 1 atom stereocenters. The third-order valence-electron chi connectivity index (χ3n) is 5.70. The molecule has 0 bridgehead atoms. The molecule has 0 fully saturated rings. The van der Waals surface area contributed by atoms with Crippen molar-refractivity contribution in [2.45, 2.75) is 38.6 Å². The second kappa shape index (κ2) is 9.90. The summed E-state index contributed by atoms with van der Waals surface area (Å²) in [6.45, 7) is 4.24. The molecule has 2 heterocycles. The Morgan fingerprint density at radius 2 is 1.81 bits per heavy atom. The Hall–Kier alpha value is -2.28. The molecule has 1 aliphatic carbocycles. The van der Waals surface area contributed by atoms with Gasteiger partial charge in [-0.15, -0.1) is 24.8 Å². The van der Waals surface area contributed by atoms with Gasteiger partial charge in [0, 0.05) is 23.8 Å². The molecule has 0 amide bonds. The standard InChI is InChI=1S/C23H26N4O2.2ClH/c1-23(2)22(29)18-15(11-12-24-3)21(28)20-19(16(18)13-25-23)26-17(27-20)10-9-14-7-5-4-6-8-14;;/h4-8,13,15,24H,9-12H2,1-3H3,(H,26,27);2*1H. The monoisotopic (exact) mass is 462 g/mol. The van der Waals surface area contributed by atoms with Gasteiger partial charge in [0.2, 0.25) is 0 Å². The number of aromatic nitrogens is 2. The first-order valence-electron chi connectivity index (χ1n) is 10.1. The number of dihydropyridines is 1. The third kappa shape index (κ3) is 4.66. The van der Waals surface area contributed by atoms with Gasteiger partial charge in [-0.3, -0.25) is 14.6 Å². The van der Waals surface area contributed by atoms with Crippen LogP contribution in [0.1, 0.15) is 47.8 Å². The van der Waals surface area contributed by atoms with Gasteiger partial charge in [-0.05, 0) is 45.8 Å². The molecular weight excluding hydrogens is 435 g/mol. The highest BCUT2D eigenvalue weighted by Gasteiger charge is 2.45. The highest BCUT2D eigenvalue weighted by molar-refractivity contribution is 6.30. The average Bonchev–Trinajstić information content (AvgIpc) is 3.15. The lowest BCUT2D eigenvalue weighted by atomic mass is 9.73. The number of benzene rings is 1. The number of fused-ring (bicyclic) bond motifs is 2. The summed E-state index contributed by atoms with van der Waals surface area (Å²) in [5.74, 6) is 0.167. The molecule has 2 N–H and O–H groups in total. The number of halogens is 2. The van der Waals surface area contributed by atoms with Gasteiger partial charge in [0.15, 0.2) is 11.6 Å². The van der Waals surface area contributed by atoms with Crippen LogP contribution in [0.3, 0.4) is 0 Å². The topological polar surface area (TPSA) is 87.2 Å². The van der Waals surface area contributed by atoms with Crippen molar-refractivity contribution < 1.29 is 9.59 Å². The highest BCUT2D eigenvalue weighted by atomic mass is 35.5. The third-order valence-corrected chi connectivity index (χ3v) is 5.70. The molecule has 166 valence electrons. The number of nitrogens with zero attached hydrogens (tertiary/aromatic N) is 2. The number of aryl methyl sites for hydroxylation is 2. The molecule has 0 saturated carbocycles. The van der Waals surface area contributed by atoms with E-state index in [9.17, 15) is 9.59 Å². The van der Waals surface area contributed by atoms with Crippen LogP contribution in [0.5, 0.6) is 0 Å². The highest BCUT2D eigenvalue weighted by Crippen LogP contribution is 2.40. The first-order chi connectivity index (χ1) is 13.9. The van der Waals surface area contributed by atoms with Gasteiger partial charge in [-0.2, -0.15) is 0 Å². The maximum absolute atomic E-state index is 13.3. The molecule has 6 nitrogen and oxygen atoms in total. The van der Waals surface area contributed by atoms with Crippen LogP contribution >= 0.6 is 24.8 Å². The molecule has 1 aliphatic heterocycles. The SMILES string of the molecule is CNCCC1C(=O)c2[nH]c(CCc3ccccc3)nc2C2=C1C(=O)C(C)(C)N=C2.Cl.Cl. The molecule has 1 aromatic carbocycles. The minimum Gasteiger partial charge on any atom is -0.339 e. The molecule has 31 heavy (non-hydrogen) atoms. The van der Waals surface area contributed by atoms with E-state index in [0.29, 0.717) is 41.9 Å². The first kappa shape index (κ1) is 25.0. The maximum Gasteiger partial charge on any atom is 0.188 e. The summed E-state index contributed by atoms with van der Waals surface area (Å²) in [5, 5.41) is 3.09. The molecule has 2 aliphatic rings. The van der Waals surface area contributed by atoms with E-state index in [1.165, 1.54) is 5.56 Å². The molecule has 4 rings (SSSR count). The van der Waals surface area contributed by atoms with Crippen molar-refractivity contribution in [1.29, 1.82) is 0 Å². The van der Waals surface area contributed by atoms with Crippen LogP contribution in [-0.4, -0.2) is 46.9 Å². The Kier molecular flexibility index (Phi) is 7.98. The Balaban J connectivity index is 0.00000171. The number of Topliss-reactive ketones (excluding diaryl/α,β-unsaturated/α-hetero) is 2. The number of carbonyl (C=O) groups excluding carboxylic acids is 2. The smallest absolute Gasteiger partial charge is 0.188 e. The molecule has 0 radical (unpaired) electrons. The van der Waals surface area contributed by atoms with Crippen molar-refractivity contribution in [2.75, 3.05) is 13.6 Å². The number of hydrogen-bond acceptors (Lipinski definition) is 5. The predicted octanol–water partition coefficient (Wildman–Crippen LogP) is 3.65. The van der Waals surface area contributed by atoms with Crippen molar-refractivity contribution >= 4 is 48.2 Å². The zero-order valence-electron chi connectivity index (χ0n) is 17.9. The van der Waals surface area contributed by atoms with E-state index in [1.54, 1.807) is 20.1 Å². The molecular formula is C23H28Cl2N4O2. The van der Waals surface area contributed by atoms with E-state index < -0.39 is 11.5 Å². The van der Waals surface area contributed by atoms with Gasteiger partial charge in [-0.25, -0.2) is 4.98 Å². The normalized spacial score (nSPS) is 18.7. The lowest BCUT2D eigenvalue weighted by molar-refractivity contribution is -0.119. The zero-order valence-corrected chi connectivity index (χ0v) is 19.5. The number of ketones is 2. The van der Waals surface area contributed by atoms with E-state index in [2.05, 4.69) is 27.4 Å². The molecule has 0 saturated heterocycles. The largest absolute Gasteiger partial charge is 0.339 e. The van der Waals surface area contributed by atoms with Crippen LogP contribution < -0.4 is 5.32 Å². The lowest BCUT2D eigenvalue weighted by Crippen LogP contribution is -2.41. The fraction of sp³-hybridized carbons (Fsp3) is 0.391. The zero-order chi connectivity index (χ0) is 20.6. The molecule has 1 unspecified atom stereocenters. The van der Waals surface area contributed by atoms with Crippen molar-refractivity contribution in [3.05, 3.63) is 58.7 Å². The fourth-order valence-electron chi connectivity index (χ4n) is 4.03. The number of imidazole rings is 1. The maximum atomic E-state index is 13.3. The number of carbonyl (C=O) groups is 2. The second-order valence-corrected chi connectivity index (χ2v) is 8.18. The summed E-state index contributed by atoms with van der Waals surface area (Å²) in [5.41, 5.74) is 2.72. The van der Waals surface area contributed by atoms with Crippen LogP contribution in [0.25, 0.3) is 5.57 Å². The van der Waals surface area contributed by atoms with Gasteiger partial charge >= 0.3 is 0 Å². The number of H-pyrrole nitrogens is 1. The fourth-order valence-corrected chi connectivity index (χ4v) is 4.03. The summed E-state index contributed by atoms with van der Waals surface area (Å²) < 4.78 is 0. The van der Waals surface area contributed by atoms with Crippen LogP contribution in [0.15, 0.2) is 40.9 Å². The van der Waals surface area contributed by atoms with E-state index in [1.807, 2.05) is 25.2 Å².